The molecular formula is C15H24FN3O. The second-order valence-corrected chi connectivity index (χ2v) is 4.88. The van der Waals surface area contributed by atoms with Crippen LogP contribution in [0.5, 0.6) is 0 Å². The Bertz CT molecular complexity index is 451. The summed E-state index contributed by atoms with van der Waals surface area (Å²) in [4.78, 5) is 18.2. The monoisotopic (exact) mass is 281 g/mol. The van der Waals surface area contributed by atoms with Crippen LogP contribution in [0.1, 0.15) is 50.4 Å². The van der Waals surface area contributed by atoms with Gasteiger partial charge in [0, 0.05) is 25.8 Å². The van der Waals surface area contributed by atoms with Gasteiger partial charge in [-0.1, -0.05) is 20.3 Å². The van der Waals surface area contributed by atoms with Crippen LogP contribution in [0.4, 0.5) is 10.2 Å². The Hall–Kier alpha value is -1.65. The van der Waals surface area contributed by atoms with Gasteiger partial charge < -0.3 is 10.2 Å². The Morgan fingerprint density at radius 2 is 2.20 bits per heavy atom. The Morgan fingerprint density at radius 1 is 1.50 bits per heavy atom. The maximum Gasteiger partial charge on any atom is 0.257 e. The summed E-state index contributed by atoms with van der Waals surface area (Å²) in [5, 5.41) is 2.66. The van der Waals surface area contributed by atoms with Crippen molar-refractivity contribution in [3.8, 4) is 0 Å². The predicted molar refractivity (Wildman–Crippen MR) is 79.4 cm³/mol. The standard InChI is InChI=1S/C15H24FN3O/c1-5-7-10-19(11(3)6-2)15(20)12-8-9-18-14(17-4)13(12)16/h8-9,11H,5-7,10H2,1-4H3,(H,17,18). The summed E-state index contributed by atoms with van der Waals surface area (Å²) in [7, 11) is 1.59. The van der Waals surface area contributed by atoms with Gasteiger partial charge in [0.1, 0.15) is 0 Å². The molecule has 0 bridgehead atoms. The fourth-order valence-corrected chi connectivity index (χ4v) is 2.01. The fraction of sp³-hybridized carbons (Fsp3) is 0.600. The number of pyridine rings is 1. The molecule has 0 saturated heterocycles. The van der Waals surface area contributed by atoms with E-state index in [1.165, 1.54) is 12.3 Å². The maximum absolute atomic E-state index is 14.2. The number of amides is 1. The summed E-state index contributed by atoms with van der Waals surface area (Å²) in [6.45, 7) is 6.75. The van der Waals surface area contributed by atoms with Crippen LogP contribution in [0.15, 0.2) is 12.3 Å². The lowest BCUT2D eigenvalue weighted by Crippen LogP contribution is -2.39. The Kier molecular flexibility index (Phi) is 6.42. The molecule has 1 heterocycles. The van der Waals surface area contributed by atoms with E-state index in [9.17, 15) is 9.18 Å². The third kappa shape index (κ3) is 3.68. The van der Waals surface area contributed by atoms with Crippen molar-refractivity contribution in [3.63, 3.8) is 0 Å². The molecule has 1 atom stereocenters. The number of rotatable bonds is 7. The lowest BCUT2D eigenvalue weighted by Gasteiger charge is -2.29. The summed E-state index contributed by atoms with van der Waals surface area (Å²) in [6.07, 6.45) is 4.22. The number of nitrogens with one attached hydrogen (secondary N) is 1. The molecule has 1 aromatic heterocycles. The smallest absolute Gasteiger partial charge is 0.257 e. The minimum absolute atomic E-state index is 0.0840. The third-order valence-corrected chi connectivity index (χ3v) is 3.49. The Morgan fingerprint density at radius 3 is 2.75 bits per heavy atom. The molecule has 4 nitrogen and oxygen atoms in total. The van der Waals surface area contributed by atoms with Gasteiger partial charge in [0.25, 0.3) is 5.91 Å². The second-order valence-electron chi connectivity index (χ2n) is 4.88. The van der Waals surface area contributed by atoms with E-state index in [4.69, 9.17) is 0 Å². The molecule has 1 rings (SSSR count). The van der Waals surface area contributed by atoms with E-state index >= 15 is 0 Å². The topological polar surface area (TPSA) is 45.2 Å². The molecule has 0 spiro atoms. The summed E-state index contributed by atoms with van der Waals surface area (Å²) in [5.74, 6) is -0.732. The molecule has 0 aliphatic rings. The second kappa shape index (κ2) is 7.82. The Labute approximate surface area is 120 Å². The van der Waals surface area contributed by atoms with Gasteiger partial charge in [0.05, 0.1) is 5.56 Å². The van der Waals surface area contributed by atoms with Gasteiger partial charge in [-0.05, 0) is 25.8 Å². The number of aromatic nitrogens is 1. The van der Waals surface area contributed by atoms with Crippen molar-refractivity contribution in [2.24, 2.45) is 0 Å². The molecule has 0 fully saturated rings. The van der Waals surface area contributed by atoms with Crippen molar-refractivity contribution in [2.75, 3.05) is 18.9 Å². The minimum atomic E-state index is -0.579. The number of carbonyl (C=O) groups is 1. The van der Waals surface area contributed by atoms with E-state index in [-0.39, 0.29) is 23.3 Å². The zero-order chi connectivity index (χ0) is 15.1. The highest BCUT2D eigenvalue weighted by molar-refractivity contribution is 5.95. The lowest BCUT2D eigenvalue weighted by atomic mass is 10.1. The van der Waals surface area contributed by atoms with Gasteiger partial charge in [0.15, 0.2) is 11.6 Å². The highest BCUT2D eigenvalue weighted by Gasteiger charge is 2.24. The molecule has 112 valence electrons. The van der Waals surface area contributed by atoms with E-state index < -0.39 is 5.82 Å². The third-order valence-electron chi connectivity index (χ3n) is 3.49. The highest BCUT2D eigenvalue weighted by atomic mass is 19.1. The van der Waals surface area contributed by atoms with Crippen LogP contribution >= 0.6 is 0 Å². The molecule has 0 aliphatic heterocycles. The van der Waals surface area contributed by atoms with Crippen LogP contribution < -0.4 is 5.32 Å². The fourth-order valence-electron chi connectivity index (χ4n) is 2.01. The number of nitrogens with zero attached hydrogens (tertiary/aromatic N) is 2. The van der Waals surface area contributed by atoms with Crippen molar-refractivity contribution in [1.82, 2.24) is 9.88 Å². The van der Waals surface area contributed by atoms with Crippen molar-refractivity contribution < 1.29 is 9.18 Å². The maximum atomic E-state index is 14.2. The SMILES string of the molecule is CCCCN(C(=O)c1ccnc(NC)c1F)C(C)CC. The molecule has 0 aromatic carbocycles. The average Bonchev–Trinajstić information content (AvgIpc) is 2.47. The molecule has 0 aliphatic carbocycles. The molecule has 1 N–H and O–H groups in total. The normalized spacial score (nSPS) is 12.1. The molecule has 1 amide bonds. The number of carbonyl (C=O) groups excluding carboxylic acids is 1. The van der Waals surface area contributed by atoms with E-state index in [1.54, 1.807) is 11.9 Å². The summed E-state index contributed by atoms with van der Waals surface area (Å²) >= 11 is 0. The van der Waals surface area contributed by atoms with Crippen LogP contribution in [0, 0.1) is 5.82 Å². The largest absolute Gasteiger partial charge is 0.371 e. The van der Waals surface area contributed by atoms with E-state index in [2.05, 4.69) is 17.2 Å². The predicted octanol–water partition coefficient (Wildman–Crippen LogP) is 3.30. The van der Waals surface area contributed by atoms with Gasteiger partial charge in [0.2, 0.25) is 0 Å². The molecule has 1 aromatic rings. The van der Waals surface area contributed by atoms with Gasteiger partial charge >= 0.3 is 0 Å². The average molecular weight is 281 g/mol. The number of hydrogen-bond acceptors (Lipinski definition) is 3. The zero-order valence-electron chi connectivity index (χ0n) is 12.7. The minimum Gasteiger partial charge on any atom is -0.371 e. The molecule has 1 unspecified atom stereocenters. The van der Waals surface area contributed by atoms with Crippen LogP contribution in [0.25, 0.3) is 0 Å². The summed E-state index contributed by atoms with van der Waals surface area (Å²) in [6, 6.07) is 1.54. The van der Waals surface area contributed by atoms with Crippen LogP contribution in [0.3, 0.4) is 0 Å². The first-order valence-corrected chi connectivity index (χ1v) is 7.19. The Balaban J connectivity index is 3.05. The van der Waals surface area contributed by atoms with Gasteiger partial charge in [-0.2, -0.15) is 0 Å². The molecule has 0 saturated carbocycles. The van der Waals surface area contributed by atoms with E-state index in [0.717, 1.165) is 19.3 Å². The number of anilines is 1. The number of hydrogen-bond donors (Lipinski definition) is 1. The lowest BCUT2D eigenvalue weighted by molar-refractivity contribution is 0.0680. The first-order chi connectivity index (χ1) is 9.56. The van der Waals surface area contributed by atoms with Gasteiger partial charge in [-0.25, -0.2) is 9.37 Å². The van der Waals surface area contributed by atoms with Crippen LogP contribution in [-0.4, -0.2) is 35.4 Å². The van der Waals surface area contributed by atoms with E-state index in [0.29, 0.717) is 6.54 Å². The molecule has 0 radical (unpaired) electrons. The summed E-state index contributed by atoms with van der Waals surface area (Å²) < 4.78 is 14.2. The van der Waals surface area contributed by atoms with Crippen LogP contribution in [0.2, 0.25) is 0 Å². The van der Waals surface area contributed by atoms with Crippen LogP contribution in [-0.2, 0) is 0 Å². The summed E-state index contributed by atoms with van der Waals surface area (Å²) in [5.41, 5.74) is 0.0840. The highest BCUT2D eigenvalue weighted by Crippen LogP contribution is 2.18. The van der Waals surface area contributed by atoms with Crippen molar-refractivity contribution in [3.05, 3.63) is 23.6 Å². The molecular weight excluding hydrogens is 257 g/mol. The first-order valence-electron chi connectivity index (χ1n) is 7.19. The number of unbranched alkanes of at least 4 members (excludes halogenated alkanes) is 1. The van der Waals surface area contributed by atoms with Crippen molar-refractivity contribution in [2.45, 2.75) is 46.1 Å². The van der Waals surface area contributed by atoms with Gasteiger partial charge in [-0.3, -0.25) is 4.79 Å². The molecule has 5 heteroatoms. The first kappa shape index (κ1) is 16.4. The van der Waals surface area contributed by atoms with Gasteiger partial charge in [-0.15, -0.1) is 0 Å². The quantitative estimate of drug-likeness (QED) is 0.834. The number of halogens is 1. The zero-order valence-corrected chi connectivity index (χ0v) is 12.7. The molecule has 20 heavy (non-hydrogen) atoms. The van der Waals surface area contributed by atoms with Crippen molar-refractivity contribution >= 4 is 11.7 Å². The van der Waals surface area contributed by atoms with E-state index in [1.807, 2.05) is 13.8 Å². The van der Waals surface area contributed by atoms with Crippen molar-refractivity contribution in [1.29, 1.82) is 0 Å².